The zero-order valence-electron chi connectivity index (χ0n) is 20.6. The van der Waals surface area contributed by atoms with Crippen molar-refractivity contribution in [3.8, 4) is 0 Å². The summed E-state index contributed by atoms with van der Waals surface area (Å²) < 4.78 is 6.96. The smallest absolute Gasteiger partial charge is 0.162 e. The quantitative estimate of drug-likeness (QED) is 0.522. The zero-order valence-corrected chi connectivity index (χ0v) is 20.6. The van der Waals surface area contributed by atoms with Gasteiger partial charge in [0.2, 0.25) is 0 Å². The third kappa shape index (κ3) is 2.70. The zero-order chi connectivity index (χ0) is 22.5. The number of rotatable bonds is 1. The van der Waals surface area contributed by atoms with E-state index in [1.807, 2.05) is 0 Å². The van der Waals surface area contributed by atoms with Crippen LogP contribution in [0.25, 0.3) is 0 Å². The van der Waals surface area contributed by atoms with Crippen LogP contribution >= 0.6 is 0 Å². The van der Waals surface area contributed by atoms with Crippen molar-refractivity contribution in [1.82, 2.24) is 5.01 Å². The summed E-state index contributed by atoms with van der Waals surface area (Å²) in [5.41, 5.74) is 0.286. The van der Waals surface area contributed by atoms with Crippen molar-refractivity contribution in [2.24, 2.45) is 57.5 Å². The lowest BCUT2D eigenvalue weighted by Crippen LogP contribution is -2.57. The SMILES string of the molecule is C[C@H]1CC[C@@]2(O[C@H]3C[C@H]4[C@@H]5CC[C@H]6C[C@@H](O)CC[C@]6(C)[C@H]5CC[C@]4(C)[C@H]3[C@@H]2C)N(N=O)C1. The minimum absolute atomic E-state index is 0.0673. The summed E-state index contributed by atoms with van der Waals surface area (Å²) >= 11 is 0. The summed E-state index contributed by atoms with van der Waals surface area (Å²) in [6.45, 7) is 10.5. The van der Waals surface area contributed by atoms with Crippen LogP contribution in [0, 0.1) is 57.2 Å². The first-order valence-electron chi connectivity index (χ1n) is 13.7. The van der Waals surface area contributed by atoms with Crippen LogP contribution in [0.1, 0.15) is 91.9 Å². The van der Waals surface area contributed by atoms with Crippen LogP contribution < -0.4 is 0 Å². The van der Waals surface area contributed by atoms with E-state index < -0.39 is 5.72 Å². The van der Waals surface area contributed by atoms with E-state index in [1.165, 1.54) is 38.5 Å². The molecule has 5 heteroatoms. The molecule has 0 radical (unpaired) electrons. The van der Waals surface area contributed by atoms with Gasteiger partial charge < -0.3 is 9.84 Å². The van der Waals surface area contributed by atoms with E-state index >= 15 is 0 Å². The van der Waals surface area contributed by atoms with Gasteiger partial charge in [0, 0.05) is 12.5 Å². The number of piperidine rings is 1. The van der Waals surface area contributed by atoms with Crippen molar-refractivity contribution in [3.63, 3.8) is 0 Å². The third-order valence-electron chi connectivity index (χ3n) is 12.3. The second kappa shape index (κ2) is 7.16. The Bertz CT molecular complexity index is 776. The number of fused-ring (bicyclic) bond motifs is 7. The Morgan fingerprint density at radius 2 is 1.72 bits per heavy atom. The van der Waals surface area contributed by atoms with Gasteiger partial charge in [-0.1, -0.05) is 27.7 Å². The molecule has 1 spiro atoms. The standard InChI is InChI=1S/C27H44N2O3/c1-16-7-12-27(29(15-16)28-31)17(2)24-23(32-27)14-22-20-6-5-18-13-19(30)8-10-25(18,3)21(20)9-11-26(22,24)4/h16-24,30H,5-15H2,1-4H3/t16-,17-,18-,19-,20+,21-,22-,23-,24-,25-,26-,27-/m0/s1. The van der Waals surface area contributed by atoms with Gasteiger partial charge in [-0.2, -0.15) is 0 Å². The molecule has 2 saturated heterocycles. The number of aliphatic hydroxyl groups excluding tert-OH is 1. The molecule has 32 heavy (non-hydrogen) atoms. The van der Waals surface area contributed by atoms with Gasteiger partial charge in [-0.3, -0.25) is 0 Å². The first kappa shape index (κ1) is 21.8. The number of hydrogen-bond acceptors (Lipinski definition) is 4. The molecule has 0 aromatic carbocycles. The average molecular weight is 445 g/mol. The second-order valence-electron chi connectivity index (χ2n) is 13.5. The molecule has 0 amide bonds. The molecule has 1 N–H and O–H groups in total. The summed E-state index contributed by atoms with van der Waals surface area (Å²) in [4.78, 5) is 11.9. The predicted molar refractivity (Wildman–Crippen MR) is 124 cm³/mol. The maximum Gasteiger partial charge on any atom is 0.162 e. The normalized spacial score (nSPS) is 59.3. The fraction of sp³-hybridized carbons (Fsp3) is 1.00. The Labute approximate surface area is 194 Å². The Kier molecular flexibility index (Phi) is 4.89. The molecule has 0 aromatic rings. The Hall–Kier alpha value is -0.680. The van der Waals surface area contributed by atoms with E-state index in [4.69, 9.17) is 4.74 Å². The molecule has 2 aliphatic heterocycles. The molecule has 4 aliphatic carbocycles. The highest BCUT2D eigenvalue weighted by Crippen LogP contribution is 2.71. The molecule has 12 atom stereocenters. The topological polar surface area (TPSA) is 62.1 Å². The maximum absolute atomic E-state index is 11.9. The number of nitrogens with zero attached hydrogens (tertiary/aromatic N) is 2. The second-order valence-corrected chi connectivity index (χ2v) is 13.5. The summed E-state index contributed by atoms with van der Waals surface area (Å²) in [5.74, 6) is 4.52. The Morgan fingerprint density at radius 3 is 2.50 bits per heavy atom. The minimum Gasteiger partial charge on any atom is -0.393 e. The van der Waals surface area contributed by atoms with Crippen LogP contribution in [0.15, 0.2) is 5.29 Å². The van der Waals surface area contributed by atoms with Gasteiger partial charge in [0.1, 0.15) is 0 Å². The maximum atomic E-state index is 11.9. The Balaban J connectivity index is 1.28. The molecule has 5 nitrogen and oxygen atoms in total. The number of hydrogen-bond donors (Lipinski definition) is 1. The molecule has 2 heterocycles. The number of nitroso groups, excluding NO2 is 1. The monoisotopic (exact) mass is 444 g/mol. The summed E-state index contributed by atoms with van der Waals surface area (Å²) in [7, 11) is 0. The number of aliphatic hydroxyl groups is 1. The van der Waals surface area contributed by atoms with E-state index in [-0.39, 0.29) is 12.2 Å². The molecule has 0 bridgehead atoms. The van der Waals surface area contributed by atoms with Crippen molar-refractivity contribution in [2.45, 2.75) is 110 Å². The molecule has 6 rings (SSSR count). The van der Waals surface area contributed by atoms with Crippen molar-refractivity contribution < 1.29 is 9.84 Å². The van der Waals surface area contributed by atoms with Gasteiger partial charge in [-0.15, -0.1) is 4.91 Å². The molecule has 0 aromatic heterocycles. The van der Waals surface area contributed by atoms with Crippen LogP contribution in [0.3, 0.4) is 0 Å². The molecule has 4 saturated carbocycles. The first-order valence-corrected chi connectivity index (χ1v) is 13.7. The summed E-state index contributed by atoms with van der Waals surface area (Å²) in [6, 6.07) is 0. The third-order valence-corrected chi connectivity index (χ3v) is 12.3. The van der Waals surface area contributed by atoms with Gasteiger partial charge in [0.15, 0.2) is 5.72 Å². The van der Waals surface area contributed by atoms with E-state index in [2.05, 4.69) is 33.0 Å². The number of ether oxygens (including phenoxy) is 1. The molecular weight excluding hydrogens is 400 g/mol. The summed E-state index contributed by atoms with van der Waals surface area (Å²) in [5, 5.41) is 15.6. The average Bonchev–Trinajstić information content (AvgIpc) is 3.21. The Morgan fingerprint density at radius 1 is 0.938 bits per heavy atom. The lowest BCUT2D eigenvalue weighted by Gasteiger charge is -2.61. The van der Waals surface area contributed by atoms with E-state index in [0.29, 0.717) is 34.5 Å². The van der Waals surface area contributed by atoms with Crippen molar-refractivity contribution >= 4 is 0 Å². The van der Waals surface area contributed by atoms with Crippen LogP contribution in [-0.2, 0) is 4.74 Å². The highest BCUT2D eigenvalue weighted by molar-refractivity contribution is 5.16. The fourth-order valence-corrected chi connectivity index (χ4v) is 10.7. The van der Waals surface area contributed by atoms with Crippen molar-refractivity contribution in [1.29, 1.82) is 0 Å². The first-order chi connectivity index (χ1) is 15.2. The largest absolute Gasteiger partial charge is 0.393 e. The van der Waals surface area contributed by atoms with Gasteiger partial charge >= 0.3 is 0 Å². The van der Waals surface area contributed by atoms with Gasteiger partial charge in [0.05, 0.1) is 17.5 Å². The van der Waals surface area contributed by atoms with E-state index in [9.17, 15) is 10.0 Å². The highest BCUT2D eigenvalue weighted by Gasteiger charge is 2.70. The molecule has 6 aliphatic rings. The fourth-order valence-electron chi connectivity index (χ4n) is 10.7. The lowest BCUT2D eigenvalue weighted by atomic mass is 9.44. The lowest BCUT2D eigenvalue weighted by molar-refractivity contribution is -0.198. The van der Waals surface area contributed by atoms with Crippen LogP contribution in [0.4, 0.5) is 0 Å². The van der Waals surface area contributed by atoms with E-state index in [1.54, 1.807) is 5.01 Å². The molecule has 0 unspecified atom stereocenters. The predicted octanol–water partition coefficient (Wildman–Crippen LogP) is 5.76. The minimum atomic E-state index is -0.461. The van der Waals surface area contributed by atoms with Gasteiger partial charge in [0.25, 0.3) is 0 Å². The highest BCUT2D eigenvalue weighted by atomic mass is 16.5. The summed E-state index contributed by atoms with van der Waals surface area (Å²) in [6.07, 6.45) is 12.0. The molecular formula is C27H44N2O3. The van der Waals surface area contributed by atoms with Crippen molar-refractivity contribution in [2.75, 3.05) is 6.54 Å². The molecule has 180 valence electrons. The van der Waals surface area contributed by atoms with E-state index in [0.717, 1.165) is 50.0 Å². The molecule has 6 fully saturated rings. The van der Waals surface area contributed by atoms with Crippen LogP contribution in [-0.4, -0.2) is 34.6 Å². The van der Waals surface area contributed by atoms with Crippen LogP contribution in [0.2, 0.25) is 0 Å². The van der Waals surface area contributed by atoms with Crippen molar-refractivity contribution in [3.05, 3.63) is 4.91 Å². The van der Waals surface area contributed by atoms with Crippen LogP contribution in [0.5, 0.6) is 0 Å². The van der Waals surface area contributed by atoms with Gasteiger partial charge in [-0.25, -0.2) is 5.01 Å². The van der Waals surface area contributed by atoms with Gasteiger partial charge in [-0.05, 0) is 111 Å².